The Balaban J connectivity index is 1.84. The normalized spacial score (nSPS) is 29.3. The number of hydrogen-bond donors (Lipinski definition) is 1. The number of carbonyl (C=O) groups is 1. The van der Waals surface area contributed by atoms with Crippen LogP contribution in [-0.4, -0.2) is 44.3 Å². The molecule has 0 spiro atoms. The third-order valence-corrected chi connectivity index (χ3v) is 4.99. The zero-order valence-corrected chi connectivity index (χ0v) is 13.2. The maximum atomic E-state index is 11.3. The lowest BCUT2D eigenvalue weighted by atomic mass is 9.84. The van der Waals surface area contributed by atoms with Crippen LogP contribution < -0.4 is 4.74 Å². The number of carboxylic acid groups (broad SMARTS) is 1. The summed E-state index contributed by atoms with van der Waals surface area (Å²) in [6, 6.07) is 0. The van der Waals surface area contributed by atoms with Crippen LogP contribution >= 0.6 is 0 Å². The lowest BCUT2D eigenvalue weighted by molar-refractivity contribution is -0.00627. The number of carboxylic acids is 1. The molecule has 1 aliphatic carbocycles. The van der Waals surface area contributed by atoms with E-state index in [0.717, 1.165) is 25.0 Å². The Bertz CT molecular complexity index is 790. The van der Waals surface area contributed by atoms with Crippen LogP contribution in [0.2, 0.25) is 0 Å². The quantitative estimate of drug-likeness (QED) is 0.928. The first kappa shape index (κ1) is 14.4. The van der Waals surface area contributed by atoms with Crippen molar-refractivity contribution in [1.29, 1.82) is 0 Å². The monoisotopic (exact) mass is 317 g/mol. The van der Waals surface area contributed by atoms with E-state index in [1.54, 1.807) is 4.40 Å². The van der Waals surface area contributed by atoms with Gasteiger partial charge in [0.2, 0.25) is 5.65 Å². The SMILES string of the molecule is CCOc1nc(C(=O)O)cn2cc(C34CCC(C)(C3)OC4)nc12. The number of aromatic nitrogens is 3. The number of hydrogen-bond acceptors (Lipinski definition) is 5. The minimum absolute atomic E-state index is 0.0526. The highest BCUT2D eigenvalue weighted by Gasteiger charge is 2.55. The van der Waals surface area contributed by atoms with Crippen LogP contribution in [0.5, 0.6) is 5.88 Å². The fraction of sp³-hybridized carbons (Fsp3) is 0.562. The summed E-state index contributed by atoms with van der Waals surface area (Å²) < 4.78 is 13.1. The van der Waals surface area contributed by atoms with E-state index in [1.807, 2.05) is 13.1 Å². The minimum atomic E-state index is -1.08. The number of rotatable bonds is 4. The van der Waals surface area contributed by atoms with E-state index < -0.39 is 5.97 Å². The van der Waals surface area contributed by atoms with Crippen molar-refractivity contribution in [3.05, 3.63) is 23.8 Å². The van der Waals surface area contributed by atoms with E-state index in [2.05, 4.69) is 11.9 Å². The molecule has 0 aromatic carbocycles. The minimum Gasteiger partial charge on any atom is -0.476 e. The first-order chi connectivity index (χ1) is 10.9. The van der Waals surface area contributed by atoms with E-state index in [4.69, 9.17) is 14.5 Å². The molecule has 1 saturated carbocycles. The van der Waals surface area contributed by atoms with Crippen LogP contribution in [0.4, 0.5) is 0 Å². The summed E-state index contributed by atoms with van der Waals surface area (Å²) in [7, 11) is 0. The van der Waals surface area contributed by atoms with Gasteiger partial charge in [0, 0.05) is 17.8 Å². The average Bonchev–Trinajstić information content (AvgIpc) is 3.17. The topological polar surface area (TPSA) is 86.0 Å². The van der Waals surface area contributed by atoms with Gasteiger partial charge >= 0.3 is 5.97 Å². The van der Waals surface area contributed by atoms with E-state index in [9.17, 15) is 9.90 Å². The summed E-state index contributed by atoms with van der Waals surface area (Å²) in [6.07, 6.45) is 6.39. The lowest BCUT2D eigenvalue weighted by Gasteiger charge is -2.24. The fourth-order valence-electron chi connectivity index (χ4n) is 3.81. The third-order valence-electron chi connectivity index (χ3n) is 4.99. The zero-order chi connectivity index (χ0) is 16.2. The Morgan fingerprint density at radius 2 is 2.26 bits per heavy atom. The van der Waals surface area contributed by atoms with Crippen LogP contribution in [-0.2, 0) is 10.2 Å². The molecule has 2 aliphatic rings. The highest BCUT2D eigenvalue weighted by molar-refractivity contribution is 5.85. The van der Waals surface area contributed by atoms with Gasteiger partial charge in [-0.25, -0.2) is 14.8 Å². The molecular formula is C16H19N3O4. The number of imidazole rings is 1. The van der Waals surface area contributed by atoms with Crippen molar-refractivity contribution in [2.45, 2.75) is 44.1 Å². The van der Waals surface area contributed by atoms with E-state index in [1.165, 1.54) is 6.20 Å². The van der Waals surface area contributed by atoms with Crippen LogP contribution in [0.3, 0.4) is 0 Å². The van der Waals surface area contributed by atoms with Crippen LogP contribution in [0.25, 0.3) is 5.65 Å². The maximum Gasteiger partial charge on any atom is 0.356 e. The summed E-state index contributed by atoms with van der Waals surface area (Å²) in [5, 5.41) is 9.22. The Morgan fingerprint density at radius 3 is 2.83 bits per heavy atom. The highest BCUT2D eigenvalue weighted by atomic mass is 16.5. The molecule has 2 bridgehead atoms. The molecule has 2 fully saturated rings. The van der Waals surface area contributed by atoms with Crippen molar-refractivity contribution in [2.24, 2.45) is 0 Å². The third kappa shape index (κ3) is 2.10. The molecule has 1 N–H and O–H groups in total. The zero-order valence-electron chi connectivity index (χ0n) is 13.2. The van der Waals surface area contributed by atoms with E-state index in [-0.39, 0.29) is 22.6 Å². The number of ether oxygens (including phenoxy) is 2. The van der Waals surface area contributed by atoms with Gasteiger partial charge in [0.25, 0.3) is 5.88 Å². The van der Waals surface area contributed by atoms with Gasteiger partial charge in [0.1, 0.15) is 0 Å². The average molecular weight is 317 g/mol. The van der Waals surface area contributed by atoms with Crippen molar-refractivity contribution in [3.63, 3.8) is 0 Å². The molecule has 122 valence electrons. The molecule has 2 atom stereocenters. The van der Waals surface area contributed by atoms with Gasteiger partial charge in [-0.3, -0.25) is 4.40 Å². The summed E-state index contributed by atoms with van der Waals surface area (Å²) >= 11 is 0. The van der Waals surface area contributed by atoms with Crippen LogP contribution in [0.1, 0.15) is 49.3 Å². The second kappa shape index (κ2) is 4.67. The number of aromatic carboxylic acids is 1. The number of fused-ring (bicyclic) bond motifs is 3. The van der Waals surface area contributed by atoms with Gasteiger partial charge in [-0.1, -0.05) is 0 Å². The van der Waals surface area contributed by atoms with Crippen molar-refractivity contribution in [3.8, 4) is 5.88 Å². The molecule has 0 radical (unpaired) electrons. The van der Waals surface area contributed by atoms with Crippen molar-refractivity contribution >= 4 is 11.6 Å². The molecule has 1 saturated heterocycles. The second-order valence-corrected chi connectivity index (χ2v) is 6.72. The molecule has 7 nitrogen and oxygen atoms in total. The summed E-state index contributed by atoms with van der Waals surface area (Å²) in [6.45, 7) is 5.05. The van der Waals surface area contributed by atoms with Gasteiger partial charge in [0.05, 0.1) is 24.5 Å². The molecule has 0 amide bonds. The summed E-state index contributed by atoms with van der Waals surface area (Å²) in [4.78, 5) is 20.0. The van der Waals surface area contributed by atoms with Gasteiger partial charge < -0.3 is 14.6 Å². The Kier molecular flexibility index (Phi) is 2.93. The molecule has 2 aromatic heterocycles. The van der Waals surface area contributed by atoms with E-state index >= 15 is 0 Å². The fourth-order valence-corrected chi connectivity index (χ4v) is 3.81. The largest absolute Gasteiger partial charge is 0.476 e. The molecule has 2 aromatic rings. The van der Waals surface area contributed by atoms with Gasteiger partial charge in [-0.15, -0.1) is 0 Å². The molecule has 1 aliphatic heterocycles. The van der Waals surface area contributed by atoms with Crippen molar-refractivity contribution < 1.29 is 19.4 Å². The van der Waals surface area contributed by atoms with Gasteiger partial charge in [-0.2, -0.15) is 0 Å². The molecular weight excluding hydrogens is 298 g/mol. The van der Waals surface area contributed by atoms with Crippen molar-refractivity contribution in [1.82, 2.24) is 14.4 Å². The predicted molar refractivity (Wildman–Crippen MR) is 81.0 cm³/mol. The van der Waals surface area contributed by atoms with Crippen LogP contribution in [0, 0.1) is 0 Å². The van der Waals surface area contributed by atoms with Gasteiger partial charge in [0.15, 0.2) is 5.69 Å². The summed E-state index contributed by atoms with van der Waals surface area (Å²) in [5.41, 5.74) is 1.31. The molecule has 3 heterocycles. The Labute approximate surface area is 133 Å². The standard InChI is InChI=1S/C16H19N3O4/c1-3-22-13-12-18-11(7-19(12)6-10(17-13)14(20)21)16-5-4-15(2,8-16)23-9-16/h6-7H,3-5,8-9H2,1-2H3,(H,20,21). The molecule has 23 heavy (non-hydrogen) atoms. The molecule has 2 unspecified atom stereocenters. The predicted octanol–water partition coefficient (Wildman–Crippen LogP) is 2.04. The smallest absolute Gasteiger partial charge is 0.356 e. The van der Waals surface area contributed by atoms with E-state index in [0.29, 0.717) is 18.9 Å². The highest BCUT2D eigenvalue weighted by Crippen LogP contribution is 2.53. The lowest BCUT2D eigenvalue weighted by Crippen LogP contribution is -2.26. The van der Waals surface area contributed by atoms with Crippen molar-refractivity contribution in [2.75, 3.05) is 13.2 Å². The summed E-state index contributed by atoms with van der Waals surface area (Å²) in [5.74, 6) is -0.825. The maximum absolute atomic E-state index is 11.3. The molecule has 7 heteroatoms. The second-order valence-electron chi connectivity index (χ2n) is 6.72. The Morgan fingerprint density at radius 1 is 1.43 bits per heavy atom. The first-order valence-corrected chi connectivity index (χ1v) is 7.85. The van der Waals surface area contributed by atoms with Crippen LogP contribution in [0.15, 0.2) is 12.4 Å². The van der Waals surface area contributed by atoms with Gasteiger partial charge in [-0.05, 0) is 33.1 Å². The first-order valence-electron chi connectivity index (χ1n) is 7.85. The molecule has 4 rings (SSSR count). The number of nitrogens with zero attached hydrogens (tertiary/aromatic N) is 3. The Hall–Kier alpha value is -2.15.